The molecule has 37 heavy (non-hydrogen) atoms. The number of nitrogens with one attached hydrogen (secondary N) is 1. The zero-order chi connectivity index (χ0) is 25.0. The largest absolute Gasteiger partial charge is 0.495 e. The van der Waals surface area contributed by atoms with Gasteiger partial charge in [-0.05, 0) is 37.1 Å². The monoisotopic (exact) mass is 492 g/mol. The average molecular weight is 493 g/mol. The number of fused-ring (bicyclic) bond motifs is 2. The highest BCUT2D eigenvalue weighted by Gasteiger charge is 2.17. The molecule has 0 saturated carbocycles. The third kappa shape index (κ3) is 4.82. The second-order valence-electron chi connectivity index (χ2n) is 9.12. The average Bonchev–Trinajstić information content (AvgIpc) is 3.24. The summed E-state index contributed by atoms with van der Waals surface area (Å²) >= 11 is 0. The molecular formula is C29H28N6O2. The van der Waals surface area contributed by atoms with Gasteiger partial charge >= 0.3 is 0 Å². The Balaban J connectivity index is 1.23. The summed E-state index contributed by atoms with van der Waals surface area (Å²) in [6, 6.07) is 19.8. The number of ether oxygens (including phenoxy) is 2. The highest BCUT2D eigenvalue weighted by Crippen LogP contribution is 2.33. The minimum absolute atomic E-state index is 0.634. The minimum Gasteiger partial charge on any atom is -0.495 e. The summed E-state index contributed by atoms with van der Waals surface area (Å²) in [5.74, 6) is 3.70. The molecule has 8 nitrogen and oxygen atoms in total. The lowest BCUT2D eigenvalue weighted by molar-refractivity contribution is 0.413. The molecule has 1 N–H and O–H groups in total. The predicted octanol–water partition coefficient (Wildman–Crippen LogP) is 6.50. The Morgan fingerprint density at radius 2 is 1.59 bits per heavy atom. The van der Waals surface area contributed by atoms with Gasteiger partial charge in [0.05, 0.1) is 18.8 Å². The van der Waals surface area contributed by atoms with Crippen LogP contribution in [-0.4, -0.2) is 40.4 Å². The molecule has 2 aromatic carbocycles. The van der Waals surface area contributed by atoms with Gasteiger partial charge in [0.25, 0.3) is 0 Å². The summed E-state index contributed by atoms with van der Waals surface area (Å²) in [7, 11) is 1.61. The van der Waals surface area contributed by atoms with E-state index in [9.17, 15) is 0 Å². The number of rotatable bonds is 6. The zero-order valence-electron chi connectivity index (χ0n) is 20.7. The number of benzene rings is 2. The van der Waals surface area contributed by atoms with Crippen LogP contribution in [0.25, 0.3) is 21.8 Å². The van der Waals surface area contributed by atoms with Crippen molar-refractivity contribution in [2.45, 2.75) is 25.7 Å². The van der Waals surface area contributed by atoms with Crippen LogP contribution in [0.2, 0.25) is 0 Å². The SMILES string of the molecule is COc1cnc2c(Oc3ccc(Nc4nnc(N5CCCCCC5)c5ccccc45)cc3)ccnc2c1. The van der Waals surface area contributed by atoms with Gasteiger partial charge in [-0.2, -0.15) is 0 Å². The van der Waals surface area contributed by atoms with E-state index in [2.05, 4.69) is 48.6 Å². The van der Waals surface area contributed by atoms with E-state index in [0.717, 1.165) is 41.2 Å². The van der Waals surface area contributed by atoms with Gasteiger partial charge < -0.3 is 19.7 Å². The van der Waals surface area contributed by atoms with Gasteiger partial charge in [0.2, 0.25) is 0 Å². The maximum Gasteiger partial charge on any atom is 0.161 e. The van der Waals surface area contributed by atoms with Crippen molar-refractivity contribution in [3.63, 3.8) is 0 Å². The van der Waals surface area contributed by atoms with Crippen LogP contribution < -0.4 is 19.7 Å². The maximum absolute atomic E-state index is 6.13. The van der Waals surface area contributed by atoms with E-state index in [1.54, 1.807) is 19.5 Å². The second kappa shape index (κ2) is 10.3. The van der Waals surface area contributed by atoms with Crippen LogP contribution in [0.4, 0.5) is 17.3 Å². The smallest absolute Gasteiger partial charge is 0.161 e. The van der Waals surface area contributed by atoms with Crippen LogP contribution >= 0.6 is 0 Å². The lowest BCUT2D eigenvalue weighted by Gasteiger charge is -2.23. The minimum atomic E-state index is 0.634. The van der Waals surface area contributed by atoms with Gasteiger partial charge in [0.15, 0.2) is 17.4 Å². The Morgan fingerprint density at radius 3 is 2.38 bits per heavy atom. The van der Waals surface area contributed by atoms with E-state index in [4.69, 9.17) is 9.47 Å². The number of methoxy groups -OCH3 is 1. The summed E-state index contributed by atoms with van der Waals surface area (Å²) in [6.07, 6.45) is 8.32. The summed E-state index contributed by atoms with van der Waals surface area (Å²) < 4.78 is 11.4. The van der Waals surface area contributed by atoms with Crippen molar-refractivity contribution in [2.75, 3.05) is 30.4 Å². The number of hydrogen-bond acceptors (Lipinski definition) is 8. The number of anilines is 3. The lowest BCUT2D eigenvalue weighted by atomic mass is 10.1. The molecule has 0 aliphatic carbocycles. The molecule has 0 unspecified atom stereocenters. The highest BCUT2D eigenvalue weighted by atomic mass is 16.5. The normalized spacial score (nSPS) is 13.9. The van der Waals surface area contributed by atoms with Gasteiger partial charge in [-0.15, -0.1) is 10.2 Å². The Morgan fingerprint density at radius 1 is 0.811 bits per heavy atom. The topological polar surface area (TPSA) is 85.3 Å². The Kier molecular flexibility index (Phi) is 6.37. The van der Waals surface area contributed by atoms with Gasteiger partial charge in [-0.1, -0.05) is 37.1 Å². The molecule has 4 heterocycles. The van der Waals surface area contributed by atoms with Crippen LogP contribution in [0.1, 0.15) is 25.7 Å². The molecule has 1 aliphatic rings. The van der Waals surface area contributed by atoms with E-state index < -0.39 is 0 Å². The van der Waals surface area contributed by atoms with Gasteiger partial charge in [-0.3, -0.25) is 4.98 Å². The maximum atomic E-state index is 6.13. The highest BCUT2D eigenvalue weighted by molar-refractivity contribution is 5.99. The number of pyridine rings is 2. The van der Waals surface area contributed by atoms with Crippen molar-refractivity contribution in [3.05, 3.63) is 73.1 Å². The quantitative estimate of drug-likeness (QED) is 0.288. The molecule has 1 fully saturated rings. The molecule has 0 amide bonds. The predicted molar refractivity (Wildman–Crippen MR) is 146 cm³/mol. The third-order valence-electron chi connectivity index (χ3n) is 6.67. The summed E-state index contributed by atoms with van der Waals surface area (Å²) in [5.41, 5.74) is 2.29. The molecule has 6 rings (SSSR count). The van der Waals surface area contributed by atoms with Crippen molar-refractivity contribution >= 4 is 39.1 Å². The van der Waals surface area contributed by atoms with Crippen molar-refractivity contribution in [1.29, 1.82) is 0 Å². The Labute approximate surface area is 215 Å². The number of aromatic nitrogens is 4. The molecule has 1 aliphatic heterocycles. The molecule has 8 heteroatoms. The van der Waals surface area contributed by atoms with Gasteiger partial charge in [0, 0.05) is 47.9 Å². The first-order chi connectivity index (χ1) is 18.3. The van der Waals surface area contributed by atoms with E-state index in [-0.39, 0.29) is 0 Å². The van der Waals surface area contributed by atoms with Gasteiger partial charge in [0.1, 0.15) is 17.0 Å². The van der Waals surface area contributed by atoms with Crippen LogP contribution in [0.15, 0.2) is 73.1 Å². The number of hydrogen-bond donors (Lipinski definition) is 1. The first-order valence-corrected chi connectivity index (χ1v) is 12.6. The van der Waals surface area contributed by atoms with Crippen molar-refractivity contribution in [2.24, 2.45) is 0 Å². The van der Waals surface area contributed by atoms with Crippen LogP contribution in [0.5, 0.6) is 17.2 Å². The first kappa shape index (κ1) is 23.0. The third-order valence-corrected chi connectivity index (χ3v) is 6.67. The molecular weight excluding hydrogens is 464 g/mol. The number of nitrogens with zero attached hydrogens (tertiary/aromatic N) is 5. The summed E-state index contributed by atoms with van der Waals surface area (Å²) in [5, 5.41) is 14.9. The van der Waals surface area contributed by atoms with Crippen molar-refractivity contribution < 1.29 is 9.47 Å². The molecule has 0 spiro atoms. The fraction of sp³-hybridized carbons (Fsp3) is 0.241. The molecule has 0 bridgehead atoms. The Bertz CT molecular complexity index is 1530. The standard InChI is InChI=1S/C29H28N6O2/c1-36-22-18-25-27(31-19-22)26(14-15-30-25)37-21-12-10-20(11-13-21)32-28-23-8-4-5-9-24(23)29(34-33-28)35-16-6-2-3-7-17-35/h4-5,8-15,18-19H,2-3,6-7,16-17H2,1H3,(H,32,33). The van der Waals surface area contributed by atoms with E-state index >= 15 is 0 Å². The second-order valence-corrected chi connectivity index (χ2v) is 9.12. The van der Waals surface area contributed by atoms with E-state index in [1.165, 1.54) is 25.7 Å². The Hall–Kier alpha value is -4.46. The molecule has 1 saturated heterocycles. The molecule has 0 atom stereocenters. The first-order valence-electron chi connectivity index (χ1n) is 12.6. The zero-order valence-corrected chi connectivity index (χ0v) is 20.7. The summed E-state index contributed by atoms with van der Waals surface area (Å²) in [6.45, 7) is 2.06. The van der Waals surface area contributed by atoms with Crippen molar-refractivity contribution in [1.82, 2.24) is 20.2 Å². The fourth-order valence-corrected chi connectivity index (χ4v) is 4.75. The summed E-state index contributed by atoms with van der Waals surface area (Å²) in [4.78, 5) is 11.2. The molecule has 5 aromatic rings. The van der Waals surface area contributed by atoms with Crippen LogP contribution in [0.3, 0.4) is 0 Å². The molecule has 3 aromatic heterocycles. The van der Waals surface area contributed by atoms with Gasteiger partial charge in [-0.25, -0.2) is 4.98 Å². The lowest BCUT2D eigenvalue weighted by Crippen LogP contribution is -2.25. The van der Waals surface area contributed by atoms with E-state index in [1.807, 2.05) is 42.5 Å². The molecule has 0 radical (unpaired) electrons. The van der Waals surface area contributed by atoms with Crippen molar-refractivity contribution in [3.8, 4) is 17.2 Å². The van der Waals surface area contributed by atoms with E-state index in [0.29, 0.717) is 28.3 Å². The van der Waals surface area contributed by atoms with Crippen LogP contribution in [0, 0.1) is 0 Å². The fourth-order valence-electron chi connectivity index (χ4n) is 4.75. The molecule has 186 valence electrons. The van der Waals surface area contributed by atoms with Crippen LogP contribution in [-0.2, 0) is 0 Å².